The molecular formula is C18H24F6N2O5S. The first kappa shape index (κ1) is 28.1. The van der Waals surface area contributed by atoms with Crippen LogP contribution in [0.15, 0.2) is 16.8 Å². The number of thiophene rings is 1. The maximum Gasteiger partial charge on any atom is 0.490 e. The van der Waals surface area contributed by atoms with E-state index >= 15 is 0 Å². The molecule has 32 heavy (non-hydrogen) atoms. The van der Waals surface area contributed by atoms with Gasteiger partial charge < -0.3 is 14.9 Å². The van der Waals surface area contributed by atoms with Crippen molar-refractivity contribution in [2.24, 2.45) is 0 Å². The average molecular weight is 494 g/mol. The van der Waals surface area contributed by atoms with Gasteiger partial charge in [0.2, 0.25) is 0 Å². The first-order valence-electron chi connectivity index (χ1n) is 9.30. The number of alkyl halides is 6. The molecule has 0 amide bonds. The van der Waals surface area contributed by atoms with Crippen molar-refractivity contribution in [1.82, 2.24) is 9.80 Å². The van der Waals surface area contributed by atoms with Crippen molar-refractivity contribution in [3.63, 3.8) is 0 Å². The molecule has 3 heterocycles. The molecule has 0 aliphatic carbocycles. The summed E-state index contributed by atoms with van der Waals surface area (Å²) < 4.78 is 69.2. The van der Waals surface area contributed by atoms with Gasteiger partial charge in [-0.2, -0.15) is 37.7 Å². The van der Waals surface area contributed by atoms with Gasteiger partial charge in [0.05, 0.1) is 13.2 Å². The summed E-state index contributed by atoms with van der Waals surface area (Å²) in [5.74, 6) is -5.51. The van der Waals surface area contributed by atoms with Gasteiger partial charge in [-0.25, -0.2) is 9.59 Å². The van der Waals surface area contributed by atoms with E-state index in [1.807, 2.05) is 0 Å². The van der Waals surface area contributed by atoms with Crippen LogP contribution in [0.2, 0.25) is 0 Å². The zero-order valence-electron chi connectivity index (χ0n) is 17.1. The Labute approximate surface area is 184 Å². The Hall–Kier alpha value is -1.90. The van der Waals surface area contributed by atoms with Crippen LogP contribution in [-0.2, 0) is 20.9 Å². The minimum Gasteiger partial charge on any atom is -0.475 e. The maximum atomic E-state index is 10.6. The number of hydrogen-bond acceptors (Lipinski definition) is 6. The van der Waals surface area contributed by atoms with Crippen molar-refractivity contribution in [1.29, 1.82) is 0 Å². The average Bonchev–Trinajstić information content (AvgIpc) is 3.19. The van der Waals surface area contributed by atoms with E-state index in [2.05, 4.69) is 33.7 Å². The van der Waals surface area contributed by atoms with E-state index in [1.165, 1.54) is 31.5 Å². The number of nitrogens with zero attached hydrogens (tertiary/aromatic N) is 2. The van der Waals surface area contributed by atoms with E-state index in [4.69, 9.17) is 24.5 Å². The number of ether oxygens (including phenoxy) is 1. The van der Waals surface area contributed by atoms with Crippen molar-refractivity contribution in [3.05, 3.63) is 22.4 Å². The van der Waals surface area contributed by atoms with E-state index in [0.29, 0.717) is 5.54 Å². The fourth-order valence-corrected chi connectivity index (χ4v) is 3.77. The number of aliphatic carboxylic acids is 2. The lowest BCUT2D eigenvalue weighted by Gasteiger charge is -2.49. The second-order valence-corrected chi connectivity index (χ2v) is 7.99. The molecular weight excluding hydrogens is 470 g/mol. The van der Waals surface area contributed by atoms with Gasteiger partial charge in [0.15, 0.2) is 0 Å². The van der Waals surface area contributed by atoms with Gasteiger partial charge in [0.1, 0.15) is 0 Å². The summed E-state index contributed by atoms with van der Waals surface area (Å²) in [6.45, 7) is 6.43. The van der Waals surface area contributed by atoms with Crippen LogP contribution in [0.1, 0.15) is 18.4 Å². The third-order valence-electron chi connectivity index (χ3n) is 5.01. The van der Waals surface area contributed by atoms with Crippen molar-refractivity contribution in [2.75, 3.05) is 39.9 Å². The van der Waals surface area contributed by atoms with Crippen molar-refractivity contribution < 1.29 is 50.9 Å². The molecule has 0 atom stereocenters. The van der Waals surface area contributed by atoms with Gasteiger partial charge >= 0.3 is 24.3 Å². The normalized spacial score (nSPS) is 19.3. The highest BCUT2D eigenvalue weighted by molar-refractivity contribution is 7.07. The predicted molar refractivity (Wildman–Crippen MR) is 102 cm³/mol. The van der Waals surface area contributed by atoms with E-state index in [1.54, 1.807) is 11.3 Å². The summed E-state index contributed by atoms with van der Waals surface area (Å²) in [5.41, 5.74) is 1.79. The largest absolute Gasteiger partial charge is 0.490 e. The lowest BCUT2D eigenvalue weighted by Crippen LogP contribution is -2.59. The summed E-state index contributed by atoms with van der Waals surface area (Å²) in [7, 11) is 2.26. The zero-order chi connectivity index (χ0) is 24.6. The monoisotopic (exact) mass is 494 g/mol. The fraction of sp³-hybridized carbons (Fsp3) is 0.667. The molecule has 0 saturated carbocycles. The minimum absolute atomic E-state index is 0.323. The van der Waals surface area contributed by atoms with Crippen LogP contribution >= 0.6 is 11.3 Å². The van der Waals surface area contributed by atoms with Crippen LogP contribution in [0, 0.1) is 0 Å². The van der Waals surface area contributed by atoms with Gasteiger partial charge in [-0.3, -0.25) is 9.80 Å². The second kappa shape index (κ2) is 11.8. The molecule has 0 aromatic carbocycles. The van der Waals surface area contributed by atoms with Crippen LogP contribution in [0.3, 0.4) is 0 Å². The Bertz CT molecular complexity index is 694. The molecule has 1 aromatic rings. The molecule has 2 aliphatic rings. The number of morpholine rings is 1. The molecule has 184 valence electrons. The first-order valence-corrected chi connectivity index (χ1v) is 10.2. The number of rotatable bonds is 2. The van der Waals surface area contributed by atoms with Gasteiger partial charge in [0.25, 0.3) is 0 Å². The van der Waals surface area contributed by atoms with Gasteiger partial charge in [-0.05, 0) is 42.3 Å². The third-order valence-corrected chi connectivity index (χ3v) is 5.74. The Balaban J connectivity index is 0.000000305. The summed E-state index contributed by atoms with van der Waals surface area (Å²) in [5, 5.41) is 18.7. The summed E-state index contributed by atoms with van der Waals surface area (Å²) in [4.78, 5) is 22.9. The Kier molecular flexibility index (Phi) is 10.4. The van der Waals surface area contributed by atoms with E-state index in [-0.39, 0.29) is 0 Å². The van der Waals surface area contributed by atoms with Gasteiger partial charge in [0, 0.05) is 31.7 Å². The number of hydrogen-bond donors (Lipinski definition) is 2. The van der Waals surface area contributed by atoms with E-state index in [0.717, 1.165) is 26.3 Å². The minimum atomic E-state index is -5.08. The molecule has 1 spiro atoms. The molecule has 7 nitrogen and oxygen atoms in total. The topological polar surface area (TPSA) is 90.3 Å². The zero-order valence-corrected chi connectivity index (χ0v) is 17.9. The van der Waals surface area contributed by atoms with Gasteiger partial charge in [-0.1, -0.05) is 0 Å². The third kappa shape index (κ3) is 9.30. The summed E-state index contributed by atoms with van der Waals surface area (Å²) in [6, 6.07) is 2.24. The summed E-state index contributed by atoms with van der Waals surface area (Å²) in [6.07, 6.45) is -7.68. The molecule has 1 aromatic heterocycles. The number of carboxylic acids is 2. The molecule has 2 fully saturated rings. The molecule has 2 N–H and O–H groups in total. The number of likely N-dealkylation sites (N-methyl/N-ethyl adjacent to an activating group) is 1. The number of likely N-dealkylation sites (tertiary alicyclic amines) is 1. The highest BCUT2D eigenvalue weighted by atomic mass is 32.1. The number of piperidine rings is 1. The lowest BCUT2D eigenvalue weighted by molar-refractivity contribution is -0.193. The van der Waals surface area contributed by atoms with Crippen LogP contribution in [0.25, 0.3) is 0 Å². The molecule has 0 unspecified atom stereocenters. The van der Waals surface area contributed by atoms with Crippen LogP contribution in [0.4, 0.5) is 26.3 Å². The van der Waals surface area contributed by atoms with E-state index < -0.39 is 24.3 Å². The molecule has 2 aliphatic heterocycles. The molecule has 3 rings (SSSR count). The number of halogens is 6. The van der Waals surface area contributed by atoms with Crippen LogP contribution in [0.5, 0.6) is 0 Å². The quantitative estimate of drug-likeness (QED) is 0.610. The Morgan fingerprint density at radius 1 is 1.06 bits per heavy atom. The lowest BCUT2D eigenvalue weighted by atomic mass is 9.85. The standard InChI is InChI=1S/C14H22N2OS.2C2HF3O2/c1-15-7-8-17-12-14(15)3-5-16(6-4-14)10-13-2-9-18-11-13;2*3-2(4,5)1(6)7/h2,9,11H,3-8,10,12H2,1H3;2*(H,6,7). The molecule has 2 saturated heterocycles. The second-order valence-electron chi connectivity index (χ2n) is 7.21. The first-order chi connectivity index (χ1) is 14.7. The fourth-order valence-electron chi connectivity index (χ4n) is 3.11. The SMILES string of the molecule is CN1CCOCC12CCN(Cc1ccsc1)CC2.O=C(O)C(F)(F)F.O=C(O)C(F)(F)F. The summed E-state index contributed by atoms with van der Waals surface area (Å²) >= 11 is 1.80. The Morgan fingerprint density at radius 2 is 1.56 bits per heavy atom. The molecule has 0 bridgehead atoms. The number of carboxylic acid groups (broad SMARTS) is 2. The highest BCUT2D eigenvalue weighted by Gasteiger charge is 2.40. The van der Waals surface area contributed by atoms with E-state index in [9.17, 15) is 26.3 Å². The highest BCUT2D eigenvalue weighted by Crippen LogP contribution is 2.31. The van der Waals surface area contributed by atoms with Crippen molar-refractivity contribution in [3.8, 4) is 0 Å². The van der Waals surface area contributed by atoms with Crippen LogP contribution < -0.4 is 0 Å². The number of carbonyl (C=O) groups is 2. The van der Waals surface area contributed by atoms with Gasteiger partial charge in [-0.15, -0.1) is 0 Å². The molecule has 0 radical (unpaired) electrons. The van der Waals surface area contributed by atoms with Crippen molar-refractivity contribution in [2.45, 2.75) is 37.3 Å². The van der Waals surface area contributed by atoms with Crippen molar-refractivity contribution >= 4 is 23.3 Å². The Morgan fingerprint density at radius 3 is 1.94 bits per heavy atom. The smallest absolute Gasteiger partial charge is 0.475 e. The maximum absolute atomic E-state index is 10.6. The predicted octanol–water partition coefficient (Wildman–Crippen LogP) is 3.31. The molecule has 14 heteroatoms. The van der Waals surface area contributed by atoms with Crippen LogP contribution in [-0.4, -0.2) is 89.7 Å².